The summed E-state index contributed by atoms with van der Waals surface area (Å²) in [7, 11) is 0. The fourth-order valence-corrected chi connectivity index (χ4v) is 7.54. The predicted molar refractivity (Wildman–Crippen MR) is 314 cm³/mol. The van der Waals surface area contributed by atoms with Crippen molar-refractivity contribution in [2.75, 3.05) is 63.1 Å². The molecule has 0 aliphatic carbocycles. The van der Waals surface area contributed by atoms with Gasteiger partial charge in [0, 0.05) is 36.8 Å². The van der Waals surface area contributed by atoms with Crippen LogP contribution in [-0.4, -0.2) is 228 Å². The van der Waals surface area contributed by atoms with Gasteiger partial charge in [0.15, 0.2) is 11.9 Å². The van der Waals surface area contributed by atoms with Crippen molar-refractivity contribution in [2.45, 2.75) is 120 Å². The molecule has 36 nitrogen and oxygen atoms in total. The van der Waals surface area contributed by atoms with Crippen LogP contribution >= 0.6 is 37.9 Å². The molecule has 0 aromatic heterocycles. The summed E-state index contributed by atoms with van der Waals surface area (Å²) >= 11 is 12.0. The van der Waals surface area contributed by atoms with Gasteiger partial charge in [-0.1, -0.05) is 13.8 Å². The zero-order valence-corrected chi connectivity index (χ0v) is 49.7. The van der Waals surface area contributed by atoms with Crippen LogP contribution in [0.3, 0.4) is 0 Å². The first-order chi connectivity index (χ1) is 39.9. The zero-order chi connectivity index (χ0) is 64.9. The largest absolute Gasteiger partial charge is 0.481 e. The van der Waals surface area contributed by atoms with Crippen molar-refractivity contribution < 1.29 is 82.4 Å². The van der Waals surface area contributed by atoms with Crippen molar-refractivity contribution in [3.63, 3.8) is 0 Å². The number of aliphatic carboxylic acids is 2. The average molecular weight is 1270 g/mol. The van der Waals surface area contributed by atoms with Crippen LogP contribution in [0.25, 0.3) is 0 Å². The molecule has 0 fully saturated rings. The number of carbonyl (C=O) groups excluding carboxylic acids is 12. The molecule has 0 saturated heterocycles. The van der Waals surface area contributed by atoms with Crippen LogP contribution in [0.4, 0.5) is 0 Å². The number of nitrogens with two attached hydrogens (primary N) is 5. The molecule has 0 aliphatic rings. The number of aliphatic imine (C=N–C) groups is 2. The van der Waals surface area contributed by atoms with E-state index in [0.29, 0.717) is 0 Å². The topological polar surface area (TPSA) is 599 Å². The van der Waals surface area contributed by atoms with Crippen molar-refractivity contribution in [3.8, 4) is 0 Å². The summed E-state index contributed by atoms with van der Waals surface area (Å²) in [5.74, 6) is -15.2. The highest BCUT2D eigenvalue weighted by atomic mass is 32.1. The Balaban J connectivity index is 5.88. The minimum atomic E-state index is -1.75. The lowest BCUT2D eigenvalue weighted by Gasteiger charge is -2.27. The number of carbonyl (C=O) groups is 14. The Bertz CT molecular complexity index is 2380. The van der Waals surface area contributed by atoms with Gasteiger partial charge in [0.2, 0.25) is 70.9 Å². The van der Waals surface area contributed by atoms with E-state index in [9.17, 15) is 72.2 Å². The summed E-state index contributed by atoms with van der Waals surface area (Å²) in [4.78, 5) is 186. The maximum Gasteiger partial charge on any atom is 0.327 e. The number of rotatable bonds is 42. The van der Waals surface area contributed by atoms with E-state index in [4.69, 9.17) is 38.9 Å². The molecule has 39 heteroatoms. The summed E-state index contributed by atoms with van der Waals surface area (Å²) in [6.07, 6.45) is -0.725. The minimum Gasteiger partial charge on any atom is -0.481 e. The van der Waals surface area contributed by atoms with Crippen LogP contribution in [0, 0.1) is 5.92 Å². The third-order valence-corrected chi connectivity index (χ3v) is 12.4. The van der Waals surface area contributed by atoms with Crippen LogP contribution in [0.2, 0.25) is 0 Å². The van der Waals surface area contributed by atoms with E-state index >= 15 is 0 Å². The molecule has 9 atom stereocenters. The van der Waals surface area contributed by atoms with E-state index in [0.717, 1.165) is 0 Å². The maximum absolute atomic E-state index is 13.9. The Morgan fingerprint density at radius 2 is 0.812 bits per heavy atom. The van der Waals surface area contributed by atoms with Gasteiger partial charge >= 0.3 is 11.9 Å². The molecule has 12 amide bonds. The highest BCUT2D eigenvalue weighted by molar-refractivity contribution is 7.80. The highest BCUT2D eigenvalue weighted by Crippen LogP contribution is 2.09. The van der Waals surface area contributed by atoms with E-state index < -0.39 is 176 Å². The fourth-order valence-electron chi connectivity index (χ4n) is 6.78. The van der Waals surface area contributed by atoms with Gasteiger partial charge in [0.05, 0.1) is 38.8 Å². The molecule has 0 saturated carbocycles. The lowest BCUT2D eigenvalue weighted by atomic mass is 10.0. The number of nitrogens with zero attached hydrogens (tertiary/aromatic N) is 2. The standard InChI is InChI=1S/C46H81N19O17S3/c1-21(2)12-26(62-43(80)29(19-84)64-36(73)22(3)58-32(68)14-54-31(67)13-55-40(77)28(18-83)65-37(74)23(47)8-9-35(71)72)42(79)61-25(7-5-11-53-46(50)51)41(78)63-27(17-66)39(76)57-15-33(69)59-24(6-4-10-52-45(48)49)38(75)56-16-34(70)60-30(20-85)44(81)82/h21-30,66,83-85H,4-20,47H2,1-3H3,(H,54,67)(H,55,77)(H,56,75)(H,57,76)(H,58,68)(H,59,69)(H,60,70)(H,61,79)(H,62,80)(H,63,78)(H,64,73)(H,65,74)(H,71,72)(H,81,82)(H4,48,49,52)(H4,50,51,53)/t22-,23-,24-,25-,26-,27-,28-,29-,30-/m0/s1. The second-order valence-electron chi connectivity index (χ2n) is 18.9. The molecule has 0 aliphatic heterocycles. The number of carboxylic acid groups (broad SMARTS) is 2. The Morgan fingerprint density at radius 3 is 1.28 bits per heavy atom. The molecular weight excluding hydrogens is 1190 g/mol. The van der Waals surface area contributed by atoms with Crippen LogP contribution in [0.15, 0.2) is 9.98 Å². The van der Waals surface area contributed by atoms with Crippen LogP contribution < -0.4 is 92.5 Å². The summed E-state index contributed by atoms with van der Waals surface area (Å²) < 4.78 is 0. The van der Waals surface area contributed by atoms with E-state index in [1.807, 2.05) is 0 Å². The van der Waals surface area contributed by atoms with E-state index in [2.05, 4.69) is 112 Å². The Labute approximate surface area is 504 Å². The lowest BCUT2D eigenvalue weighted by Crippen LogP contribution is -2.60. The average Bonchev–Trinajstić information content (AvgIpc) is 3.60. The van der Waals surface area contributed by atoms with E-state index in [1.165, 1.54) is 6.92 Å². The SMILES string of the molecule is CC(C)C[C@H](NC(=O)[C@H](CS)NC(=O)[C@H](C)NC(=O)CNC(=O)CNC(=O)[C@H](CS)NC(=O)[C@@H](N)CCC(=O)O)C(=O)N[C@@H](CCCN=C(N)N)C(=O)N[C@@H](CO)C(=O)NCC(=O)N[C@@H](CCCN=C(N)N)C(=O)NCC(=O)N[C@@H](CS)C(=O)O. The molecule has 0 unspecified atom stereocenters. The third-order valence-electron chi connectivity index (χ3n) is 11.3. The van der Waals surface area contributed by atoms with E-state index in [-0.39, 0.29) is 86.7 Å². The molecule has 0 spiro atoms. The molecular formula is C46H81N19O17S3. The monoisotopic (exact) mass is 1270 g/mol. The quantitative estimate of drug-likeness (QED) is 0.0117. The van der Waals surface area contributed by atoms with Gasteiger partial charge in [0.1, 0.15) is 48.3 Å². The molecule has 0 rings (SSSR count). The smallest absolute Gasteiger partial charge is 0.327 e. The molecule has 0 bridgehead atoms. The van der Waals surface area contributed by atoms with E-state index in [1.54, 1.807) is 13.8 Å². The van der Waals surface area contributed by atoms with Crippen molar-refractivity contribution in [2.24, 2.45) is 44.6 Å². The highest BCUT2D eigenvalue weighted by Gasteiger charge is 2.33. The first-order valence-electron chi connectivity index (χ1n) is 26.1. The number of amides is 12. The van der Waals surface area contributed by atoms with Gasteiger partial charge in [-0.25, -0.2) is 4.79 Å². The van der Waals surface area contributed by atoms with Gasteiger partial charge in [-0.05, 0) is 51.4 Å². The Kier molecular flexibility index (Phi) is 38.1. The van der Waals surface area contributed by atoms with Gasteiger partial charge in [-0.3, -0.25) is 72.3 Å². The second kappa shape index (κ2) is 42.0. The normalized spacial score (nSPS) is 13.9. The summed E-state index contributed by atoms with van der Waals surface area (Å²) in [6, 6.07) is -12.6. The van der Waals surface area contributed by atoms with Crippen LogP contribution in [-0.2, 0) is 67.1 Å². The molecule has 0 heterocycles. The van der Waals surface area contributed by atoms with Gasteiger partial charge in [-0.2, -0.15) is 37.9 Å². The number of guanidine groups is 2. The summed E-state index contributed by atoms with van der Waals surface area (Å²) in [6.45, 7) is 0.762. The number of hydrogen-bond acceptors (Lipinski definition) is 21. The number of hydrogen-bond donors (Lipinski definition) is 23. The van der Waals surface area contributed by atoms with Gasteiger partial charge < -0.3 is 108 Å². The number of aliphatic hydroxyl groups excluding tert-OH is 1. The Hall–Kier alpha value is -7.91. The first-order valence-corrected chi connectivity index (χ1v) is 28.0. The molecule has 0 radical (unpaired) electrons. The van der Waals surface area contributed by atoms with Gasteiger partial charge in [-0.15, -0.1) is 0 Å². The molecule has 85 heavy (non-hydrogen) atoms. The van der Waals surface area contributed by atoms with Gasteiger partial charge in [0.25, 0.3) is 0 Å². The number of carboxylic acids is 2. The molecule has 0 aromatic rings. The second-order valence-corrected chi connectivity index (χ2v) is 20.0. The number of aliphatic hydroxyl groups is 1. The van der Waals surface area contributed by atoms with Crippen molar-refractivity contribution >= 4 is 133 Å². The first kappa shape index (κ1) is 77.1. The van der Waals surface area contributed by atoms with Crippen molar-refractivity contribution in [1.29, 1.82) is 0 Å². The Morgan fingerprint density at radius 1 is 0.435 bits per heavy atom. The lowest BCUT2D eigenvalue weighted by molar-refractivity contribution is -0.141. The molecule has 25 N–H and O–H groups in total. The van der Waals surface area contributed by atoms with Crippen molar-refractivity contribution in [3.05, 3.63) is 0 Å². The fraction of sp³-hybridized carbons (Fsp3) is 0.652. The van der Waals surface area contributed by atoms with Crippen LogP contribution in [0.5, 0.6) is 0 Å². The summed E-state index contributed by atoms with van der Waals surface area (Å²) in [5.41, 5.74) is 27.2. The predicted octanol–water partition coefficient (Wildman–Crippen LogP) is -10.4. The molecule has 0 aromatic carbocycles. The van der Waals surface area contributed by atoms with Crippen molar-refractivity contribution in [1.82, 2.24) is 63.8 Å². The maximum atomic E-state index is 13.9. The number of thiol groups is 3. The third kappa shape index (κ3) is 33.8. The summed E-state index contributed by atoms with van der Waals surface area (Å²) in [5, 5.41) is 55.9. The molecule has 480 valence electrons. The number of nitrogens with one attached hydrogen (secondary N) is 12. The minimum absolute atomic E-state index is 0.0241. The zero-order valence-electron chi connectivity index (χ0n) is 47.0. The van der Waals surface area contributed by atoms with Crippen LogP contribution in [0.1, 0.15) is 65.7 Å².